The van der Waals surface area contributed by atoms with Crippen LogP contribution in [0, 0.1) is 11.8 Å². The quantitative estimate of drug-likeness (QED) is 0.0357. The summed E-state index contributed by atoms with van der Waals surface area (Å²) < 4.78 is 0. The number of carboxylic acids is 5. The van der Waals surface area contributed by atoms with Gasteiger partial charge in [-0.25, -0.2) is 24.2 Å². The van der Waals surface area contributed by atoms with Crippen molar-refractivity contribution in [2.45, 2.75) is 308 Å². The van der Waals surface area contributed by atoms with Crippen LogP contribution in [0.3, 0.4) is 0 Å². The number of amides is 3. The number of nitrogens with zero attached hydrogens (tertiary/aromatic N) is 7. The molecule has 0 aromatic heterocycles. The molecular formula is C68H122N10O22. The van der Waals surface area contributed by atoms with Gasteiger partial charge in [-0.3, -0.25) is 43.4 Å². The van der Waals surface area contributed by atoms with Gasteiger partial charge in [-0.05, 0) is 221 Å². The Balaban J connectivity index is 0.000000439. The molecule has 32 nitrogen and oxygen atoms in total. The lowest BCUT2D eigenvalue weighted by Crippen LogP contribution is -2.63. The third-order valence-electron chi connectivity index (χ3n) is 19.0. The molecule has 0 unspecified atom stereocenters. The molecule has 100 heavy (non-hydrogen) atoms. The van der Waals surface area contributed by atoms with Gasteiger partial charge in [0, 0.05) is 118 Å². The number of unbranched alkanes of at least 4 members (excludes halogenated alkanes) is 1. The molecule has 3 amide bonds. The van der Waals surface area contributed by atoms with E-state index in [1.54, 1.807) is 0 Å². The highest BCUT2D eigenvalue weighted by Gasteiger charge is 2.50. The van der Waals surface area contributed by atoms with Gasteiger partial charge in [0.25, 0.3) is 0 Å². The van der Waals surface area contributed by atoms with Crippen molar-refractivity contribution in [2.75, 3.05) is 39.3 Å². The first-order valence-corrected chi connectivity index (χ1v) is 34.2. The summed E-state index contributed by atoms with van der Waals surface area (Å²) in [6, 6.07) is -0.243. The van der Waals surface area contributed by atoms with E-state index in [1.807, 2.05) is 138 Å². The lowest BCUT2D eigenvalue weighted by molar-refractivity contribution is -0.253. The summed E-state index contributed by atoms with van der Waals surface area (Å²) in [5.74, 6) is -7.06. The summed E-state index contributed by atoms with van der Waals surface area (Å²) in [6.45, 7) is 37.7. The van der Waals surface area contributed by atoms with Crippen molar-refractivity contribution < 1.29 is 109 Å². The first-order chi connectivity index (χ1) is 45.2. The van der Waals surface area contributed by atoms with Crippen LogP contribution < -0.4 is 16.0 Å². The maximum atomic E-state index is 12.6. The fraction of sp³-hybridized carbons (Fsp3) is 0.824. The molecule has 13 N–H and O–H groups in total. The van der Waals surface area contributed by atoms with Crippen molar-refractivity contribution in [2.24, 2.45) is 11.8 Å². The number of hydroxylamine groups is 10. The van der Waals surface area contributed by atoms with E-state index in [1.165, 1.54) is 35.1 Å². The van der Waals surface area contributed by atoms with Gasteiger partial charge in [0.1, 0.15) is 13.1 Å². The number of hydrogen-bond donors (Lipinski definition) is 13. The lowest BCUT2D eigenvalue weighted by atomic mass is 9.74. The zero-order chi connectivity index (χ0) is 77.5. The molecule has 6 saturated heterocycles. The molecular weight excluding hydrogens is 1310 g/mol. The molecule has 6 aliphatic rings. The molecule has 0 aromatic carbocycles. The summed E-state index contributed by atoms with van der Waals surface area (Å²) in [5, 5.41) is 110. The zero-order valence-corrected chi connectivity index (χ0v) is 62.9. The van der Waals surface area contributed by atoms with E-state index in [0.29, 0.717) is 70.6 Å². The van der Waals surface area contributed by atoms with E-state index in [2.05, 4.69) is 25.7 Å². The Kier molecular flexibility index (Phi) is 32.3. The van der Waals surface area contributed by atoms with Crippen molar-refractivity contribution in [3.63, 3.8) is 0 Å². The molecule has 6 heterocycles. The summed E-state index contributed by atoms with van der Waals surface area (Å²) in [5.41, 5.74) is -4.36. The van der Waals surface area contributed by atoms with Gasteiger partial charge in [0.2, 0.25) is 17.7 Å². The average molecular weight is 1430 g/mol. The van der Waals surface area contributed by atoms with Gasteiger partial charge >= 0.3 is 41.8 Å². The Morgan fingerprint density at radius 1 is 0.430 bits per heavy atom. The molecule has 0 aliphatic carbocycles. The number of rotatable bonds is 20. The van der Waals surface area contributed by atoms with Gasteiger partial charge in [0.15, 0.2) is 0 Å². The van der Waals surface area contributed by atoms with Gasteiger partial charge in [-0.1, -0.05) is 0 Å². The first kappa shape index (κ1) is 90.0. The molecule has 6 fully saturated rings. The van der Waals surface area contributed by atoms with Crippen molar-refractivity contribution in [1.29, 1.82) is 0 Å². The molecule has 0 bridgehead atoms. The molecule has 0 saturated carbocycles. The number of carboxylic acid groups (broad SMARTS) is 5. The maximum absolute atomic E-state index is 12.6. The largest absolute Gasteiger partial charge is 0.481 e. The van der Waals surface area contributed by atoms with E-state index in [9.17, 15) is 79.1 Å². The first-order valence-electron chi connectivity index (χ1n) is 34.2. The van der Waals surface area contributed by atoms with E-state index < -0.39 is 80.9 Å². The van der Waals surface area contributed by atoms with Crippen molar-refractivity contribution in [1.82, 2.24) is 51.1 Å². The summed E-state index contributed by atoms with van der Waals surface area (Å²) in [4.78, 5) is 124. The van der Waals surface area contributed by atoms with Crippen LogP contribution in [0.4, 0.5) is 0 Å². The average Bonchev–Trinajstić information content (AvgIpc) is 0.842. The minimum atomic E-state index is -1.15. The van der Waals surface area contributed by atoms with Crippen LogP contribution in [0.5, 0.6) is 0 Å². The molecule has 0 aromatic rings. The molecule has 0 atom stereocenters. The fourth-order valence-electron chi connectivity index (χ4n) is 15.6. The second-order valence-corrected chi connectivity index (χ2v) is 34.0. The molecule has 6 aliphatic heterocycles. The summed E-state index contributed by atoms with van der Waals surface area (Å²) >= 11 is 0. The fourth-order valence-corrected chi connectivity index (χ4v) is 15.6. The number of piperidine rings is 5. The second-order valence-electron chi connectivity index (χ2n) is 34.0. The highest BCUT2D eigenvalue weighted by molar-refractivity contribution is 5.94. The summed E-state index contributed by atoms with van der Waals surface area (Å²) in [6.07, 6.45) is 9.65. The Hall–Kier alpha value is -6.04. The Labute approximate surface area is 589 Å². The van der Waals surface area contributed by atoms with Crippen LogP contribution in [-0.2, 0) is 57.7 Å². The number of carbonyl (C=O) groups is 10. The second kappa shape index (κ2) is 35.9. The molecule has 576 valence electrons. The van der Waals surface area contributed by atoms with E-state index in [0.717, 1.165) is 25.0 Å². The highest BCUT2D eigenvalue weighted by Crippen LogP contribution is 2.43. The predicted molar refractivity (Wildman–Crippen MR) is 363 cm³/mol. The molecule has 6 rings (SSSR count). The van der Waals surface area contributed by atoms with Gasteiger partial charge < -0.3 is 67.5 Å². The van der Waals surface area contributed by atoms with Crippen LogP contribution in [0.25, 0.3) is 0 Å². The Morgan fingerprint density at radius 2 is 0.760 bits per heavy atom. The maximum Gasteiger partial charge on any atom is 0.369 e. The number of nitrogens with one attached hydrogen (secondary N) is 3. The van der Waals surface area contributed by atoms with Crippen LogP contribution >= 0.6 is 0 Å². The molecule has 0 spiro atoms. The van der Waals surface area contributed by atoms with Gasteiger partial charge in [0.05, 0.1) is 19.0 Å². The minimum Gasteiger partial charge on any atom is -0.481 e. The standard InChI is InChI=1S/C19H32N4O8.C15H28N2O4.C13H22N2O4.C11H21NO3.C10H19NO3/c1-18(2)7-13(8-19(3,4)23(18)29)20-14(24)9-21(10-15(25)26)5-6-22-11-16(27)30-31-17(28)12-22;1-14(2)9-11(10-15(3,4)17(14)21)16-12(18)7-5-6-8-13(19)20;1-12(2)7-9(8-13(3,4)15(12)19)14-10(16)5-6-11(17)18;1-10(2)6-8(5-9(13)14)7-11(3,4)12(10)15;1-9(2)5-7(8(12)13)6-10(3,4)11(9)14/h13,29H,5-12H2,1-4H3,(H,20,24)(H,25,26);11,21H,5-10H2,1-4H3,(H,16,18)(H,19,20);5-6,9,19H,7-8H2,1-4H3,(H,14,16)(H,17,18);8,15H,5-7H2,1-4H3,(H,13,14);7,14H,5-6H2,1-4H3,(H,12,13)/b;;6-5-;;. The predicted octanol–water partition coefficient (Wildman–Crippen LogP) is 6.38. The van der Waals surface area contributed by atoms with Crippen molar-refractivity contribution >= 4 is 59.5 Å². The number of hydrogen-bond acceptors (Lipinski definition) is 24. The van der Waals surface area contributed by atoms with Crippen LogP contribution in [0.15, 0.2) is 12.2 Å². The summed E-state index contributed by atoms with van der Waals surface area (Å²) in [7, 11) is 0. The van der Waals surface area contributed by atoms with E-state index >= 15 is 0 Å². The number of carbonyl (C=O) groups excluding carboxylic acids is 5. The lowest BCUT2D eigenvalue weighted by Gasteiger charge is -2.51. The van der Waals surface area contributed by atoms with Gasteiger partial charge in [-0.15, -0.1) is 0 Å². The topological polar surface area (TPSA) is 450 Å². The molecule has 0 radical (unpaired) electrons. The van der Waals surface area contributed by atoms with Crippen LogP contribution in [-0.4, -0.2) is 259 Å². The van der Waals surface area contributed by atoms with E-state index in [-0.39, 0.29) is 116 Å². The molecule has 32 heteroatoms. The smallest absolute Gasteiger partial charge is 0.369 e. The third-order valence-corrected chi connectivity index (χ3v) is 19.0. The zero-order valence-electron chi connectivity index (χ0n) is 62.9. The van der Waals surface area contributed by atoms with Crippen molar-refractivity contribution in [3.8, 4) is 0 Å². The van der Waals surface area contributed by atoms with Crippen LogP contribution in [0.1, 0.15) is 235 Å². The highest BCUT2D eigenvalue weighted by atomic mass is 17.2. The third kappa shape index (κ3) is 29.0. The van der Waals surface area contributed by atoms with Gasteiger partial charge in [-0.2, -0.15) is 25.3 Å². The Bertz CT molecular complexity index is 2750. The van der Waals surface area contributed by atoms with Crippen molar-refractivity contribution in [3.05, 3.63) is 12.2 Å². The normalized spacial score (nSPS) is 23.9. The minimum absolute atomic E-state index is 0.0328. The monoisotopic (exact) mass is 1430 g/mol. The Morgan fingerprint density at radius 3 is 1.09 bits per heavy atom. The SMILES string of the molecule is CC1(C)CC(C(=O)O)CC(C)(C)N1O.CC1(C)CC(CC(=O)O)CC(C)(C)N1O.CC1(C)CC(NC(=O)/C=C\C(=O)O)CC(C)(C)N1O.CC1(C)CC(NC(=O)CCCCC(=O)O)CC(C)(C)N1O.CC1(C)CC(NC(=O)CN(CCN2CC(=O)OOC(=O)C2)CC(=O)O)CC(C)(C)N1O. The van der Waals surface area contributed by atoms with Crippen LogP contribution in [0.2, 0.25) is 0 Å². The van der Waals surface area contributed by atoms with E-state index in [4.69, 9.17) is 20.4 Å². The number of aliphatic carboxylic acids is 5.